The SMILES string of the molecule is O=C1/C=C/C(=O)On2c(c(CCN3CCCCC3)c3cc(F)cnc32)O1. The molecule has 2 aliphatic rings. The van der Waals surface area contributed by atoms with E-state index >= 15 is 0 Å². The largest absolute Gasteiger partial charge is 0.403 e. The summed E-state index contributed by atoms with van der Waals surface area (Å²) in [5.74, 6) is -1.84. The highest BCUT2D eigenvalue weighted by Gasteiger charge is 2.26. The zero-order valence-corrected chi connectivity index (χ0v) is 14.1. The van der Waals surface area contributed by atoms with Gasteiger partial charge in [-0.25, -0.2) is 19.0 Å². The van der Waals surface area contributed by atoms with E-state index in [0.717, 1.165) is 55.6 Å². The molecule has 0 aliphatic carbocycles. The molecule has 0 amide bonds. The number of rotatable bonds is 3. The first-order valence-corrected chi connectivity index (χ1v) is 8.65. The summed E-state index contributed by atoms with van der Waals surface area (Å²) in [7, 11) is 0. The third-order valence-electron chi connectivity index (χ3n) is 4.65. The minimum atomic E-state index is -0.728. The van der Waals surface area contributed by atoms with Gasteiger partial charge in [0.25, 0.3) is 0 Å². The van der Waals surface area contributed by atoms with Crippen LogP contribution in [0.25, 0.3) is 11.0 Å². The molecular weight excluding hydrogens is 341 g/mol. The molecule has 8 heteroatoms. The predicted octanol–water partition coefficient (Wildman–Crippen LogP) is 1.63. The Hall–Kier alpha value is -2.74. The van der Waals surface area contributed by atoms with Crippen molar-refractivity contribution in [3.05, 3.63) is 35.8 Å². The molecule has 0 bridgehead atoms. The Morgan fingerprint density at radius 3 is 2.69 bits per heavy atom. The molecule has 4 heterocycles. The van der Waals surface area contributed by atoms with Gasteiger partial charge in [-0.2, -0.15) is 0 Å². The first-order chi connectivity index (χ1) is 12.6. The van der Waals surface area contributed by atoms with Crippen molar-refractivity contribution in [3.63, 3.8) is 0 Å². The molecule has 4 rings (SSSR count). The maximum Gasteiger partial charge on any atom is 0.356 e. The van der Waals surface area contributed by atoms with E-state index in [1.165, 1.54) is 12.5 Å². The average molecular weight is 359 g/mol. The smallest absolute Gasteiger partial charge is 0.356 e. The molecule has 1 saturated heterocycles. The number of aromatic nitrogens is 2. The maximum absolute atomic E-state index is 13.8. The summed E-state index contributed by atoms with van der Waals surface area (Å²) in [4.78, 5) is 35.3. The van der Waals surface area contributed by atoms with Gasteiger partial charge in [-0.3, -0.25) is 0 Å². The lowest BCUT2D eigenvalue weighted by molar-refractivity contribution is -0.142. The van der Waals surface area contributed by atoms with Crippen molar-refractivity contribution >= 4 is 23.0 Å². The Morgan fingerprint density at radius 2 is 1.88 bits per heavy atom. The van der Waals surface area contributed by atoms with Crippen molar-refractivity contribution in [2.75, 3.05) is 19.6 Å². The number of esters is 1. The molecule has 0 atom stereocenters. The van der Waals surface area contributed by atoms with Crippen LogP contribution < -0.4 is 9.57 Å². The molecule has 2 aromatic heterocycles. The van der Waals surface area contributed by atoms with E-state index in [9.17, 15) is 14.0 Å². The van der Waals surface area contributed by atoms with Gasteiger partial charge in [-0.1, -0.05) is 6.42 Å². The lowest BCUT2D eigenvalue weighted by Crippen LogP contribution is -2.31. The predicted molar refractivity (Wildman–Crippen MR) is 90.0 cm³/mol. The van der Waals surface area contributed by atoms with Crippen LogP contribution in [0.4, 0.5) is 4.39 Å². The third-order valence-corrected chi connectivity index (χ3v) is 4.65. The van der Waals surface area contributed by atoms with Crippen LogP contribution in [-0.4, -0.2) is 46.2 Å². The van der Waals surface area contributed by atoms with Gasteiger partial charge in [-0.05, 0) is 38.4 Å². The summed E-state index contributed by atoms with van der Waals surface area (Å²) < 4.78 is 20.2. The van der Waals surface area contributed by atoms with Crippen LogP contribution in [-0.2, 0) is 16.0 Å². The van der Waals surface area contributed by atoms with Crippen LogP contribution in [0, 0.1) is 5.82 Å². The van der Waals surface area contributed by atoms with Gasteiger partial charge in [0.15, 0.2) is 5.65 Å². The van der Waals surface area contributed by atoms with E-state index < -0.39 is 17.8 Å². The van der Waals surface area contributed by atoms with E-state index in [-0.39, 0.29) is 11.5 Å². The highest BCUT2D eigenvalue weighted by molar-refractivity contribution is 5.95. The average Bonchev–Trinajstić information content (AvgIpc) is 2.89. The number of carbonyl (C=O) groups excluding carboxylic acids is 2. The summed E-state index contributed by atoms with van der Waals surface area (Å²) in [6.45, 7) is 2.76. The normalized spacial score (nSPS) is 19.4. The number of pyridine rings is 1. The molecule has 0 saturated carbocycles. The molecule has 0 spiro atoms. The number of hydrogen-bond donors (Lipinski definition) is 0. The standard InChI is InChI=1S/C18H18FN3O4/c19-12-10-14-13(6-9-21-7-2-1-3-8-21)18-22(17(14)20-11-12)26-16(24)5-4-15(23)25-18/h4-5,10-11H,1-3,6-9H2/b5-4+. The fourth-order valence-electron chi connectivity index (χ4n) is 3.42. The third kappa shape index (κ3) is 3.20. The molecule has 0 N–H and O–H groups in total. The fraction of sp³-hybridized carbons (Fsp3) is 0.389. The van der Waals surface area contributed by atoms with Crippen LogP contribution in [0.3, 0.4) is 0 Å². The van der Waals surface area contributed by atoms with E-state index in [0.29, 0.717) is 17.4 Å². The number of halogens is 1. The zero-order chi connectivity index (χ0) is 18.1. The first-order valence-electron chi connectivity index (χ1n) is 8.65. The fourth-order valence-corrected chi connectivity index (χ4v) is 3.42. The summed E-state index contributed by atoms with van der Waals surface area (Å²) >= 11 is 0. The van der Waals surface area contributed by atoms with Crippen LogP contribution in [0.1, 0.15) is 24.8 Å². The Bertz CT molecular complexity index is 899. The Morgan fingerprint density at radius 1 is 1.12 bits per heavy atom. The molecule has 0 unspecified atom stereocenters. The van der Waals surface area contributed by atoms with Gasteiger partial charge in [0, 0.05) is 29.6 Å². The molecule has 2 aromatic rings. The molecule has 2 aliphatic heterocycles. The summed E-state index contributed by atoms with van der Waals surface area (Å²) in [5, 5.41) is 0.472. The minimum absolute atomic E-state index is 0.0813. The van der Waals surface area contributed by atoms with E-state index in [1.807, 2.05) is 0 Å². The number of likely N-dealkylation sites (tertiary alicyclic amines) is 1. The zero-order valence-electron chi connectivity index (χ0n) is 14.1. The molecule has 26 heavy (non-hydrogen) atoms. The van der Waals surface area contributed by atoms with Crippen molar-refractivity contribution in [1.82, 2.24) is 14.6 Å². The van der Waals surface area contributed by atoms with Crippen molar-refractivity contribution in [2.24, 2.45) is 0 Å². The molecule has 0 aromatic carbocycles. The number of hydrogen-bond acceptors (Lipinski definition) is 6. The number of ether oxygens (including phenoxy) is 1. The van der Waals surface area contributed by atoms with Crippen LogP contribution in [0.15, 0.2) is 24.4 Å². The van der Waals surface area contributed by atoms with Gasteiger partial charge in [0.05, 0.1) is 6.20 Å². The quantitative estimate of drug-likeness (QED) is 0.776. The lowest BCUT2D eigenvalue weighted by Gasteiger charge is -2.26. The number of nitrogens with zero attached hydrogens (tertiary/aromatic N) is 3. The molecule has 0 radical (unpaired) electrons. The van der Waals surface area contributed by atoms with Gasteiger partial charge in [0.1, 0.15) is 5.82 Å². The number of piperidine rings is 1. The van der Waals surface area contributed by atoms with E-state index in [1.54, 1.807) is 0 Å². The second-order valence-corrected chi connectivity index (χ2v) is 6.42. The maximum atomic E-state index is 13.8. The Balaban J connectivity index is 1.76. The van der Waals surface area contributed by atoms with Crippen LogP contribution in [0.5, 0.6) is 5.88 Å². The van der Waals surface area contributed by atoms with Gasteiger partial charge in [0.2, 0.25) is 5.88 Å². The second kappa shape index (κ2) is 6.87. The van der Waals surface area contributed by atoms with Crippen molar-refractivity contribution in [3.8, 4) is 5.88 Å². The summed E-state index contributed by atoms with van der Waals surface area (Å²) in [6.07, 6.45) is 7.09. The van der Waals surface area contributed by atoms with Gasteiger partial charge < -0.3 is 14.5 Å². The van der Waals surface area contributed by atoms with Crippen molar-refractivity contribution < 1.29 is 23.6 Å². The molecule has 1 fully saturated rings. The monoisotopic (exact) mass is 359 g/mol. The van der Waals surface area contributed by atoms with Crippen LogP contribution in [0.2, 0.25) is 0 Å². The van der Waals surface area contributed by atoms with Gasteiger partial charge >= 0.3 is 11.9 Å². The summed E-state index contributed by atoms with van der Waals surface area (Å²) in [6, 6.07) is 1.32. The summed E-state index contributed by atoms with van der Waals surface area (Å²) in [5.41, 5.74) is 0.848. The van der Waals surface area contributed by atoms with Gasteiger partial charge in [-0.15, -0.1) is 4.73 Å². The van der Waals surface area contributed by atoms with Crippen molar-refractivity contribution in [1.29, 1.82) is 0 Å². The van der Waals surface area contributed by atoms with Crippen molar-refractivity contribution in [2.45, 2.75) is 25.7 Å². The Labute approximate surface area is 148 Å². The number of carbonyl (C=O) groups is 2. The number of fused-ring (bicyclic) bond motifs is 3. The molecule has 7 nitrogen and oxygen atoms in total. The highest BCUT2D eigenvalue weighted by Crippen LogP contribution is 2.32. The highest BCUT2D eigenvalue weighted by atomic mass is 19.1. The van der Waals surface area contributed by atoms with E-state index in [4.69, 9.17) is 9.57 Å². The minimum Gasteiger partial charge on any atom is -0.403 e. The van der Waals surface area contributed by atoms with Crippen LogP contribution >= 0.6 is 0 Å². The second-order valence-electron chi connectivity index (χ2n) is 6.42. The molecule has 136 valence electrons. The topological polar surface area (TPSA) is 73.7 Å². The van der Waals surface area contributed by atoms with E-state index in [2.05, 4.69) is 9.88 Å². The lowest BCUT2D eigenvalue weighted by atomic mass is 10.1. The molecular formula is C18H18FN3O4. The Kier molecular flexibility index (Phi) is 4.42. The first kappa shape index (κ1) is 16.7.